The van der Waals surface area contributed by atoms with Crippen LogP contribution in [0.25, 0.3) is 10.2 Å². The molecule has 0 spiro atoms. The maximum Gasteiger partial charge on any atom is 0.296 e. The van der Waals surface area contributed by atoms with E-state index in [1.807, 2.05) is 25.1 Å². The summed E-state index contributed by atoms with van der Waals surface area (Å²) in [6.45, 7) is 4.15. The first kappa shape index (κ1) is 20.9. The van der Waals surface area contributed by atoms with Gasteiger partial charge in [0.2, 0.25) is 5.78 Å². The molecule has 0 saturated heterocycles. The largest absolute Gasteiger partial charge is 0.503 e. The topological polar surface area (TPSA) is 106 Å². The Morgan fingerprint density at radius 1 is 1.21 bits per heavy atom. The summed E-state index contributed by atoms with van der Waals surface area (Å²) in [7, 11) is 0. The number of anilines is 1. The van der Waals surface area contributed by atoms with Crippen molar-refractivity contribution in [3.8, 4) is 5.75 Å². The van der Waals surface area contributed by atoms with E-state index in [0.29, 0.717) is 34.3 Å². The highest BCUT2D eigenvalue weighted by Crippen LogP contribution is 2.44. The molecule has 0 radical (unpaired) electrons. The van der Waals surface area contributed by atoms with Gasteiger partial charge in [0, 0.05) is 12.4 Å². The lowest BCUT2D eigenvalue weighted by Gasteiger charge is -2.24. The lowest BCUT2D eigenvalue weighted by Crippen LogP contribution is -2.30. The van der Waals surface area contributed by atoms with Gasteiger partial charge in [-0.25, -0.2) is 4.98 Å². The van der Waals surface area contributed by atoms with Gasteiger partial charge in [0.1, 0.15) is 11.5 Å². The van der Waals surface area contributed by atoms with E-state index >= 15 is 0 Å². The Labute approximate surface area is 192 Å². The standard InChI is InChI=1S/C24H19N3O5S/c1-3-31-15-5-6-16-18(12-15)33-24(26-16)27-20(14-8-10-25-11-9-14)19(22(29)23(27)30)21(28)17-7-4-13(2)32-17/h4-12,20,29H,3H2,1-2H3. The first-order valence-electron chi connectivity index (χ1n) is 10.3. The Bertz CT molecular complexity index is 1410. The van der Waals surface area contributed by atoms with Crippen LogP contribution in [0.15, 0.2) is 70.6 Å². The number of aryl methyl sites for hydroxylation is 1. The molecule has 33 heavy (non-hydrogen) atoms. The summed E-state index contributed by atoms with van der Waals surface area (Å²) in [6.07, 6.45) is 3.14. The Morgan fingerprint density at radius 2 is 2.00 bits per heavy atom. The molecule has 5 rings (SSSR count). The summed E-state index contributed by atoms with van der Waals surface area (Å²) in [5.74, 6) is -0.580. The SMILES string of the molecule is CCOc1ccc2nc(N3C(=O)C(O)=C(C(=O)c4ccc(C)o4)C3c3ccncc3)sc2c1. The molecule has 3 aromatic heterocycles. The van der Waals surface area contributed by atoms with Crippen LogP contribution < -0.4 is 9.64 Å². The van der Waals surface area contributed by atoms with Gasteiger partial charge in [-0.1, -0.05) is 11.3 Å². The summed E-state index contributed by atoms with van der Waals surface area (Å²) < 4.78 is 11.9. The van der Waals surface area contributed by atoms with Crippen molar-refractivity contribution >= 4 is 38.4 Å². The molecule has 1 aromatic carbocycles. The molecule has 0 aliphatic carbocycles. The van der Waals surface area contributed by atoms with Crippen molar-refractivity contribution in [2.45, 2.75) is 19.9 Å². The van der Waals surface area contributed by atoms with Gasteiger partial charge in [0.05, 0.1) is 28.4 Å². The van der Waals surface area contributed by atoms with Gasteiger partial charge < -0.3 is 14.3 Å². The predicted molar refractivity (Wildman–Crippen MR) is 123 cm³/mol. The van der Waals surface area contributed by atoms with Crippen molar-refractivity contribution in [3.05, 3.63) is 83.3 Å². The molecular formula is C24H19N3O5S. The zero-order chi connectivity index (χ0) is 23.1. The van der Waals surface area contributed by atoms with Crippen LogP contribution in [0.1, 0.15) is 34.8 Å². The molecule has 1 aliphatic rings. The summed E-state index contributed by atoms with van der Waals surface area (Å²) >= 11 is 1.28. The minimum absolute atomic E-state index is 0.0495. The van der Waals surface area contributed by atoms with E-state index in [-0.39, 0.29) is 11.3 Å². The quantitative estimate of drug-likeness (QED) is 0.412. The highest BCUT2D eigenvalue weighted by Gasteiger charge is 2.46. The van der Waals surface area contributed by atoms with E-state index in [1.165, 1.54) is 22.3 Å². The first-order chi connectivity index (χ1) is 16.0. The molecule has 4 heterocycles. The van der Waals surface area contributed by atoms with Crippen molar-refractivity contribution in [2.24, 2.45) is 0 Å². The average Bonchev–Trinajstić information content (AvgIpc) is 3.50. The number of ketones is 1. The fraction of sp³-hybridized carbons (Fsp3) is 0.167. The van der Waals surface area contributed by atoms with Gasteiger partial charge in [-0.05, 0) is 61.9 Å². The molecule has 1 N–H and O–H groups in total. The number of aliphatic hydroxyl groups is 1. The van der Waals surface area contributed by atoms with E-state index in [4.69, 9.17) is 9.15 Å². The van der Waals surface area contributed by atoms with Crippen LogP contribution in [0, 0.1) is 6.92 Å². The lowest BCUT2D eigenvalue weighted by atomic mass is 9.96. The second kappa shape index (κ2) is 8.18. The number of pyridine rings is 1. The Hall–Kier alpha value is -3.98. The summed E-state index contributed by atoms with van der Waals surface area (Å²) in [4.78, 5) is 36.6. The third kappa shape index (κ3) is 3.56. The molecule has 1 unspecified atom stereocenters. The zero-order valence-corrected chi connectivity index (χ0v) is 18.6. The molecule has 1 atom stereocenters. The van der Waals surface area contributed by atoms with Crippen LogP contribution in [0.3, 0.4) is 0 Å². The molecule has 1 amide bonds. The number of aromatic nitrogens is 2. The molecular weight excluding hydrogens is 442 g/mol. The Kier molecular flexibility index (Phi) is 5.18. The minimum Gasteiger partial charge on any atom is -0.503 e. The molecule has 0 bridgehead atoms. The number of hydrogen-bond acceptors (Lipinski definition) is 8. The highest BCUT2D eigenvalue weighted by molar-refractivity contribution is 7.22. The zero-order valence-electron chi connectivity index (χ0n) is 17.8. The second-order valence-corrected chi connectivity index (χ2v) is 8.43. The number of hydrogen-bond donors (Lipinski definition) is 1. The smallest absolute Gasteiger partial charge is 0.296 e. The van der Waals surface area contributed by atoms with Gasteiger partial charge in [-0.2, -0.15) is 0 Å². The number of carbonyl (C=O) groups is 2. The third-order valence-electron chi connectivity index (χ3n) is 5.30. The van der Waals surface area contributed by atoms with Crippen molar-refractivity contribution in [1.82, 2.24) is 9.97 Å². The molecule has 8 nitrogen and oxygen atoms in total. The number of Topliss-reactive ketones (excluding diaryl/α,β-unsaturated/α-hetero) is 1. The first-order valence-corrected chi connectivity index (χ1v) is 11.1. The minimum atomic E-state index is -0.884. The van der Waals surface area contributed by atoms with Gasteiger partial charge in [-0.15, -0.1) is 0 Å². The number of carbonyl (C=O) groups excluding carboxylic acids is 2. The fourth-order valence-electron chi connectivity index (χ4n) is 3.84. The number of ether oxygens (including phenoxy) is 1. The van der Waals surface area contributed by atoms with E-state index in [9.17, 15) is 14.7 Å². The van der Waals surface area contributed by atoms with Crippen LogP contribution in [0.4, 0.5) is 5.13 Å². The number of furan rings is 1. The number of amides is 1. The van der Waals surface area contributed by atoms with E-state index < -0.39 is 23.5 Å². The third-order valence-corrected chi connectivity index (χ3v) is 6.32. The number of thiazole rings is 1. The highest BCUT2D eigenvalue weighted by atomic mass is 32.1. The van der Waals surface area contributed by atoms with E-state index in [2.05, 4.69) is 9.97 Å². The molecule has 0 fully saturated rings. The number of aliphatic hydroxyl groups excluding tert-OH is 1. The predicted octanol–water partition coefficient (Wildman–Crippen LogP) is 4.77. The fourth-order valence-corrected chi connectivity index (χ4v) is 4.86. The monoisotopic (exact) mass is 461 g/mol. The van der Waals surface area contributed by atoms with Crippen LogP contribution in [-0.4, -0.2) is 33.4 Å². The average molecular weight is 461 g/mol. The number of fused-ring (bicyclic) bond motifs is 1. The van der Waals surface area contributed by atoms with Crippen LogP contribution in [0.5, 0.6) is 5.75 Å². The Balaban J connectivity index is 1.63. The number of nitrogens with zero attached hydrogens (tertiary/aromatic N) is 3. The normalized spacial score (nSPS) is 16.1. The van der Waals surface area contributed by atoms with E-state index in [1.54, 1.807) is 37.5 Å². The van der Waals surface area contributed by atoms with Crippen LogP contribution in [-0.2, 0) is 4.79 Å². The van der Waals surface area contributed by atoms with Gasteiger partial charge >= 0.3 is 0 Å². The molecule has 0 saturated carbocycles. The lowest BCUT2D eigenvalue weighted by molar-refractivity contribution is -0.117. The second-order valence-electron chi connectivity index (χ2n) is 7.42. The number of rotatable bonds is 6. The van der Waals surface area contributed by atoms with Crippen molar-refractivity contribution in [2.75, 3.05) is 11.5 Å². The van der Waals surface area contributed by atoms with Gasteiger partial charge in [0.15, 0.2) is 16.7 Å². The van der Waals surface area contributed by atoms with Crippen molar-refractivity contribution < 1.29 is 23.8 Å². The summed E-state index contributed by atoms with van der Waals surface area (Å²) in [5, 5.41) is 11.2. The summed E-state index contributed by atoms with van der Waals surface area (Å²) in [5.41, 5.74) is 1.23. The molecule has 9 heteroatoms. The maximum atomic E-state index is 13.3. The Morgan fingerprint density at radius 3 is 2.70 bits per heavy atom. The molecule has 4 aromatic rings. The van der Waals surface area contributed by atoms with Crippen molar-refractivity contribution in [3.63, 3.8) is 0 Å². The van der Waals surface area contributed by atoms with Gasteiger partial charge in [0.25, 0.3) is 5.91 Å². The molecule has 1 aliphatic heterocycles. The maximum absolute atomic E-state index is 13.3. The van der Waals surface area contributed by atoms with Crippen molar-refractivity contribution in [1.29, 1.82) is 0 Å². The van der Waals surface area contributed by atoms with Gasteiger partial charge in [-0.3, -0.25) is 19.5 Å². The molecule has 166 valence electrons. The van der Waals surface area contributed by atoms with Crippen LogP contribution in [0.2, 0.25) is 0 Å². The van der Waals surface area contributed by atoms with E-state index in [0.717, 1.165) is 4.70 Å². The summed E-state index contributed by atoms with van der Waals surface area (Å²) in [6, 6.07) is 11.2. The van der Waals surface area contributed by atoms with Crippen LogP contribution >= 0.6 is 11.3 Å². The number of benzene rings is 1.